The Balaban J connectivity index is 1.12. The minimum Gasteiger partial charge on any atom is -0.455 e. The van der Waals surface area contributed by atoms with Crippen molar-refractivity contribution in [3.63, 3.8) is 0 Å². The van der Waals surface area contributed by atoms with E-state index in [1.54, 1.807) is 0 Å². The summed E-state index contributed by atoms with van der Waals surface area (Å²) in [5.74, 6) is 0. The Labute approximate surface area is 316 Å². The maximum atomic E-state index is 6.67. The Bertz CT molecular complexity index is 3440. The van der Waals surface area contributed by atoms with Gasteiger partial charge in [0.05, 0.1) is 0 Å². The highest BCUT2D eigenvalue weighted by atomic mass is 32.1. The van der Waals surface area contributed by atoms with Crippen LogP contribution in [-0.2, 0) is 0 Å². The van der Waals surface area contributed by atoms with Crippen LogP contribution in [0.15, 0.2) is 150 Å². The Hall–Kier alpha value is -6.22. The van der Waals surface area contributed by atoms with Gasteiger partial charge in [-0.25, -0.2) is 0 Å². The summed E-state index contributed by atoms with van der Waals surface area (Å²) < 4.78 is 9.28. The van der Waals surface area contributed by atoms with E-state index >= 15 is 0 Å². The van der Waals surface area contributed by atoms with Crippen molar-refractivity contribution in [1.82, 2.24) is 0 Å². The lowest BCUT2D eigenvalue weighted by Crippen LogP contribution is -2.33. The van der Waals surface area contributed by atoms with Gasteiger partial charge in [0, 0.05) is 36.3 Å². The molecule has 10 aromatic rings. The van der Waals surface area contributed by atoms with Crippen LogP contribution in [0.1, 0.15) is 36.8 Å². The predicted molar refractivity (Wildman–Crippen MR) is 234 cm³/mol. The van der Waals surface area contributed by atoms with Crippen LogP contribution in [0, 0.1) is 0 Å². The molecule has 0 saturated heterocycles. The number of para-hydroxylation sites is 1. The van der Waals surface area contributed by atoms with Crippen LogP contribution in [0.4, 0.5) is 0 Å². The highest BCUT2D eigenvalue weighted by molar-refractivity contribution is 7.25. The summed E-state index contributed by atoms with van der Waals surface area (Å²) in [6.07, 6.45) is 14.1. The number of furan rings is 1. The zero-order chi connectivity index (χ0) is 35.3. The van der Waals surface area contributed by atoms with E-state index in [0.717, 1.165) is 36.8 Å². The van der Waals surface area contributed by atoms with Crippen LogP contribution >= 0.6 is 11.3 Å². The second-order valence-corrected chi connectivity index (χ2v) is 16.0. The first-order valence-electron chi connectivity index (χ1n) is 19.1. The summed E-state index contributed by atoms with van der Waals surface area (Å²) in [7, 11) is 0. The minimum atomic E-state index is 0.938. The largest absolute Gasteiger partial charge is 0.455 e. The standard InChI is InChI=1S/C52H34OS/c1-2-13-32-26-35(25-24-31(32)12-1)51-40-20-5-3-18-38(40)50(39-19-4-6-21-41(39)51)34-15-11-14-33(27-34)42-28-45-36-16-7-9-22-47(36)53-52(45)46-30-49-44(29-43(42)46)37-17-8-10-23-48(37)54-49/h1-3,5,7-10,12-14,16-30H,4,6,11,15H2. The van der Waals surface area contributed by atoms with Gasteiger partial charge in [-0.05, 0) is 133 Å². The van der Waals surface area contributed by atoms with Gasteiger partial charge in [-0.1, -0.05) is 121 Å². The molecule has 254 valence electrons. The van der Waals surface area contributed by atoms with E-state index in [2.05, 4.69) is 158 Å². The number of fused-ring (bicyclic) bond motifs is 11. The first kappa shape index (κ1) is 30.3. The molecule has 0 unspecified atom stereocenters. The first-order valence-corrected chi connectivity index (χ1v) is 19.9. The number of benzene rings is 8. The van der Waals surface area contributed by atoms with Crippen LogP contribution in [-0.4, -0.2) is 0 Å². The smallest absolute Gasteiger partial charge is 0.143 e. The van der Waals surface area contributed by atoms with Gasteiger partial charge in [-0.2, -0.15) is 0 Å². The molecule has 2 aromatic heterocycles. The van der Waals surface area contributed by atoms with Gasteiger partial charge in [0.2, 0.25) is 0 Å². The molecule has 8 aromatic carbocycles. The van der Waals surface area contributed by atoms with Gasteiger partial charge < -0.3 is 4.42 Å². The molecule has 2 aliphatic rings. The molecule has 0 bridgehead atoms. The van der Waals surface area contributed by atoms with Gasteiger partial charge in [0.15, 0.2) is 0 Å². The second-order valence-electron chi connectivity index (χ2n) is 14.9. The zero-order valence-corrected chi connectivity index (χ0v) is 30.5. The number of hydrogen-bond donors (Lipinski definition) is 0. The van der Waals surface area contributed by atoms with E-state index in [1.807, 2.05) is 11.3 Å². The van der Waals surface area contributed by atoms with E-state index < -0.39 is 0 Å². The fraction of sp³-hybridized carbons (Fsp3) is 0.0769. The molecule has 0 radical (unpaired) electrons. The third kappa shape index (κ3) is 4.44. The van der Waals surface area contributed by atoms with Gasteiger partial charge in [0.25, 0.3) is 0 Å². The number of rotatable bonds is 3. The highest BCUT2D eigenvalue weighted by Crippen LogP contribution is 2.45. The average molecular weight is 707 g/mol. The van der Waals surface area contributed by atoms with Gasteiger partial charge >= 0.3 is 0 Å². The lowest BCUT2D eigenvalue weighted by molar-refractivity contribution is 0.672. The predicted octanol–water partition coefficient (Wildman–Crippen LogP) is 13.7. The van der Waals surface area contributed by atoms with Crippen molar-refractivity contribution in [3.05, 3.63) is 167 Å². The Morgan fingerprint density at radius 1 is 0.463 bits per heavy atom. The van der Waals surface area contributed by atoms with Crippen molar-refractivity contribution >= 4 is 109 Å². The molecule has 2 heteroatoms. The Kier molecular flexibility index (Phi) is 6.52. The number of allylic oxidation sites excluding steroid dienone is 4. The van der Waals surface area contributed by atoms with Crippen LogP contribution in [0.25, 0.3) is 109 Å². The van der Waals surface area contributed by atoms with Gasteiger partial charge in [0.1, 0.15) is 11.2 Å². The lowest BCUT2D eigenvalue weighted by Gasteiger charge is -2.22. The third-order valence-corrected chi connectivity index (χ3v) is 13.0. The van der Waals surface area contributed by atoms with E-state index in [4.69, 9.17) is 4.42 Å². The summed E-state index contributed by atoms with van der Waals surface area (Å²) in [5.41, 5.74) is 9.95. The molecule has 0 aliphatic heterocycles. The number of hydrogen-bond acceptors (Lipinski definition) is 2. The topological polar surface area (TPSA) is 13.1 Å². The van der Waals surface area contributed by atoms with Crippen molar-refractivity contribution in [1.29, 1.82) is 0 Å². The maximum Gasteiger partial charge on any atom is 0.143 e. The summed E-state index contributed by atoms with van der Waals surface area (Å²) in [6.45, 7) is 0. The van der Waals surface area contributed by atoms with E-state index in [9.17, 15) is 0 Å². The molecule has 0 N–H and O–H groups in total. The van der Waals surface area contributed by atoms with Crippen LogP contribution in [0.5, 0.6) is 0 Å². The molecular formula is C52H34OS. The van der Waals surface area contributed by atoms with Crippen LogP contribution in [0.3, 0.4) is 0 Å². The SMILES string of the molecule is C1=C(c2c3c(c(-c4ccc5ccccc5c4)c4ccccc24)=CCCC=3)CCC=C1c1cc2c3ccccc3oc2c2cc3sc4ccccc4c3cc12. The minimum absolute atomic E-state index is 0.938. The van der Waals surface area contributed by atoms with Gasteiger partial charge in [-0.15, -0.1) is 11.3 Å². The number of thiophene rings is 1. The monoisotopic (exact) mass is 706 g/mol. The molecule has 54 heavy (non-hydrogen) atoms. The van der Waals surface area contributed by atoms with E-state index in [1.165, 1.54) is 107 Å². The summed E-state index contributed by atoms with van der Waals surface area (Å²) in [6, 6.07) is 49.4. The molecule has 1 nitrogen and oxygen atoms in total. The van der Waals surface area contributed by atoms with Crippen LogP contribution < -0.4 is 10.4 Å². The normalized spacial score (nSPS) is 14.5. The Morgan fingerprint density at radius 2 is 1.17 bits per heavy atom. The van der Waals surface area contributed by atoms with Crippen molar-refractivity contribution in [2.75, 3.05) is 0 Å². The average Bonchev–Trinajstić information content (AvgIpc) is 3.79. The molecule has 2 aliphatic carbocycles. The van der Waals surface area contributed by atoms with Crippen molar-refractivity contribution in [2.45, 2.75) is 25.7 Å². The second kappa shape index (κ2) is 11.6. The molecule has 0 amide bonds. The van der Waals surface area contributed by atoms with Crippen molar-refractivity contribution < 1.29 is 4.42 Å². The summed E-state index contributed by atoms with van der Waals surface area (Å²) >= 11 is 1.87. The molecule has 0 saturated carbocycles. The highest BCUT2D eigenvalue weighted by Gasteiger charge is 2.22. The van der Waals surface area contributed by atoms with E-state index in [0.29, 0.717) is 0 Å². The molecular weight excluding hydrogens is 673 g/mol. The zero-order valence-electron chi connectivity index (χ0n) is 29.7. The van der Waals surface area contributed by atoms with E-state index in [-0.39, 0.29) is 0 Å². The quantitative estimate of drug-likeness (QED) is 0.178. The molecule has 0 atom stereocenters. The maximum absolute atomic E-state index is 6.67. The van der Waals surface area contributed by atoms with Crippen LogP contribution in [0.2, 0.25) is 0 Å². The first-order chi connectivity index (χ1) is 26.8. The summed E-state index contributed by atoms with van der Waals surface area (Å²) in [5, 5.41) is 15.4. The molecule has 2 heterocycles. The summed E-state index contributed by atoms with van der Waals surface area (Å²) in [4.78, 5) is 0. The molecule has 0 spiro atoms. The Morgan fingerprint density at radius 3 is 2.04 bits per heavy atom. The fourth-order valence-electron chi connectivity index (χ4n) is 9.50. The van der Waals surface area contributed by atoms with Crippen molar-refractivity contribution in [2.24, 2.45) is 0 Å². The molecule has 12 rings (SSSR count). The molecule has 0 fully saturated rings. The lowest BCUT2D eigenvalue weighted by atomic mass is 9.82. The van der Waals surface area contributed by atoms with Crippen molar-refractivity contribution in [3.8, 4) is 11.1 Å². The third-order valence-electron chi connectivity index (χ3n) is 11.9. The fourth-order valence-corrected chi connectivity index (χ4v) is 10.6. The van der Waals surface area contributed by atoms with Gasteiger partial charge in [-0.3, -0.25) is 0 Å².